The van der Waals surface area contributed by atoms with Gasteiger partial charge in [0, 0.05) is 30.5 Å². The Hall–Kier alpha value is -3.52. The monoisotopic (exact) mass is 296 g/mol. The summed E-state index contributed by atoms with van der Waals surface area (Å²) in [6.07, 6.45) is -0.00109. The van der Waals surface area contributed by atoms with Crippen molar-refractivity contribution in [3.63, 3.8) is 0 Å². The maximum atomic E-state index is 11.9. The average Bonchev–Trinajstić information content (AvgIpc) is 2.84. The first-order valence-corrected chi connectivity index (χ1v) is 6.14. The highest BCUT2D eigenvalue weighted by Gasteiger charge is 2.34. The predicted octanol–water partition coefficient (Wildman–Crippen LogP) is 1.50. The van der Waals surface area contributed by atoms with Crippen LogP contribution in [0, 0.1) is 32.8 Å². The van der Waals surface area contributed by atoms with E-state index < -0.39 is 22.3 Å². The van der Waals surface area contributed by atoms with Crippen molar-refractivity contribution in [3.8, 4) is 12.1 Å². The van der Waals surface area contributed by atoms with Gasteiger partial charge in [-0.25, -0.2) is 4.90 Å². The third kappa shape index (κ3) is 2.53. The van der Waals surface area contributed by atoms with Gasteiger partial charge >= 0.3 is 0 Å². The van der Waals surface area contributed by atoms with Crippen LogP contribution in [0.3, 0.4) is 0 Å². The van der Waals surface area contributed by atoms with Crippen LogP contribution in [0.2, 0.25) is 0 Å². The van der Waals surface area contributed by atoms with Gasteiger partial charge in [0.2, 0.25) is 11.8 Å². The number of benzene rings is 1. The molecule has 0 aromatic heterocycles. The number of hydrogen-bond donors (Lipinski definition) is 0. The fourth-order valence-corrected chi connectivity index (χ4v) is 2.08. The van der Waals surface area contributed by atoms with Gasteiger partial charge in [0.05, 0.1) is 10.6 Å². The summed E-state index contributed by atoms with van der Waals surface area (Å²) in [6, 6.07) is 8.22. The molecule has 1 fully saturated rings. The van der Waals surface area contributed by atoms with Crippen LogP contribution in [-0.4, -0.2) is 21.6 Å². The first-order valence-electron chi connectivity index (χ1n) is 6.14. The molecule has 1 saturated heterocycles. The second-order valence-corrected chi connectivity index (χ2v) is 4.37. The number of nitro benzene ring substituents is 1. The van der Waals surface area contributed by atoms with Crippen LogP contribution in [-0.2, 0) is 9.59 Å². The molecule has 1 aromatic rings. The van der Waals surface area contributed by atoms with Gasteiger partial charge in [-0.15, -0.1) is 0 Å². The molecule has 1 aliphatic heterocycles. The Balaban J connectivity index is 2.61. The standard InChI is InChI=1S/C14H8N4O4/c15-7-10(8-16)14(17-12(19)5-6-13(17)20)9-1-3-11(4-2-9)18(21)22/h1-4H,5-6H2. The summed E-state index contributed by atoms with van der Waals surface area (Å²) >= 11 is 0. The lowest BCUT2D eigenvalue weighted by atomic mass is 10.1. The maximum Gasteiger partial charge on any atom is 0.269 e. The topological polar surface area (TPSA) is 128 Å². The van der Waals surface area contributed by atoms with Crippen molar-refractivity contribution in [1.82, 2.24) is 4.90 Å². The molecule has 8 nitrogen and oxygen atoms in total. The number of allylic oxidation sites excluding steroid dienone is 1. The first-order chi connectivity index (χ1) is 10.5. The van der Waals surface area contributed by atoms with Crippen molar-refractivity contribution in [3.05, 3.63) is 45.5 Å². The van der Waals surface area contributed by atoms with E-state index in [4.69, 9.17) is 10.5 Å². The lowest BCUT2D eigenvalue weighted by Gasteiger charge is -2.18. The van der Waals surface area contributed by atoms with Gasteiger partial charge < -0.3 is 0 Å². The minimum atomic E-state index is -0.602. The molecule has 0 saturated carbocycles. The Morgan fingerprint density at radius 1 is 1.09 bits per heavy atom. The Kier molecular flexibility index (Phi) is 3.96. The highest BCUT2D eigenvalue weighted by atomic mass is 16.6. The first kappa shape index (κ1) is 14.9. The van der Waals surface area contributed by atoms with Gasteiger partial charge in [0.25, 0.3) is 5.69 Å². The van der Waals surface area contributed by atoms with Crippen molar-refractivity contribution in [2.24, 2.45) is 0 Å². The molecule has 1 aliphatic rings. The molecular formula is C14H8N4O4. The summed E-state index contributed by atoms with van der Waals surface area (Å²) in [6.45, 7) is 0. The molecule has 0 aliphatic carbocycles. The number of hydrogen-bond acceptors (Lipinski definition) is 6. The summed E-state index contributed by atoms with van der Waals surface area (Å²) in [5, 5.41) is 28.7. The molecule has 0 N–H and O–H groups in total. The Morgan fingerprint density at radius 3 is 2.00 bits per heavy atom. The van der Waals surface area contributed by atoms with Crippen LogP contribution in [0.4, 0.5) is 5.69 Å². The molecule has 108 valence electrons. The van der Waals surface area contributed by atoms with Crippen LogP contribution < -0.4 is 0 Å². The number of likely N-dealkylation sites (tertiary alicyclic amines) is 1. The molecule has 2 rings (SSSR count). The van der Waals surface area contributed by atoms with E-state index in [0.717, 1.165) is 4.90 Å². The van der Waals surface area contributed by atoms with Crippen molar-refractivity contribution < 1.29 is 14.5 Å². The molecule has 0 radical (unpaired) electrons. The lowest BCUT2D eigenvalue weighted by molar-refractivity contribution is -0.384. The SMILES string of the molecule is N#CC(C#N)=C(c1ccc([N+](=O)[O-])cc1)N1C(=O)CCC1=O. The van der Waals surface area contributed by atoms with Crippen LogP contribution in [0.15, 0.2) is 29.8 Å². The highest BCUT2D eigenvalue weighted by molar-refractivity contribution is 6.10. The number of nitrogens with zero attached hydrogens (tertiary/aromatic N) is 4. The third-order valence-corrected chi connectivity index (χ3v) is 3.09. The number of nitriles is 2. The zero-order chi connectivity index (χ0) is 16.3. The van der Waals surface area contributed by atoms with E-state index in [0.29, 0.717) is 0 Å². The molecule has 0 spiro atoms. The van der Waals surface area contributed by atoms with E-state index in [2.05, 4.69) is 0 Å². The van der Waals surface area contributed by atoms with Gasteiger partial charge in [-0.05, 0) is 12.1 Å². The quantitative estimate of drug-likeness (QED) is 0.360. The average molecular weight is 296 g/mol. The van der Waals surface area contributed by atoms with Gasteiger partial charge in [0.15, 0.2) is 5.57 Å². The minimum absolute atomic E-state index is 0.000544. The Bertz CT molecular complexity index is 749. The van der Waals surface area contributed by atoms with E-state index >= 15 is 0 Å². The normalized spacial score (nSPS) is 13.5. The second-order valence-electron chi connectivity index (χ2n) is 4.37. The lowest BCUT2D eigenvalue weighted by Crippen LogP contribution is -2.28. The number of non-ortho nitro benzene ring substituents is 1. The molecule has 2 amide bonds. The second kappa shape index (κ2) is 5.85. The van der Waals surface area contributed by atoms with Crippen LogP contribution in [0.5, 0.6) is 0 Å². The van der Waals surface area contributed by atoms with Gasteiger partial charge in [-0.2, -0.15) is 10.5 Å². The largest absolute Gasteiger partial charge is 0.274 e. The molecule has 22 heavy (non-hydrogen) atoms. The van der Waals surface area contributed by atoms with Crippen molar-refractivity contribution in [2.75, 3.05) is 0 Å². The number of rotatable bonds is 3. The van der Waals surface area contributed by atoms with E-state index in [1.807, 2.05) is 0 Å². The summed E-state index contributed by atoms with van der Waals surface area (Å²) in [7, 11) is 0. The number of carbonyl (C=O) groups is 2. The van der Waals surface area contributed by atoms with Gasteiger partial charge in [-0.1, -0.05) is 0 Å². The molecule has 0 unspecified atom stereocenters. The zero-order valence-corrected chi connectivity index (χ0v) is 11.1. The van der Waals surface area contributed by atoms with E-state index in [1.165, 1.54) is 24.3 Å². The highest BCUT2D eigenvalue weighted by Crippen LogP contribution is 2.29. The van der Waals surface area contributed by atoms with E-state index in [-0.39, 0.29) is 29.8 Å². The summed E-state index contributed by atoms with van der Waals surface area (Å²) in [5.74, 6) is -1.03. The van der Waals surface area contributed by atoms with E-state index in [1.54, 1.807) is 12.1 Å². The Labute approximate surface area is 124 Å². The summed E-state index contributed by atoms with van der Waals surface area (Å²) < 4.78 is 0. The van der Waals surface area contributed by atoms with Crippen molar-refractivity contribution in [2.45, 2.75) is 12.8 Å². The molecule has 1 aromatic carbocycles. The maximum absolute atomic E-state index is 11.9. The third-order valence-electron chi connectivity index (χ3n) is 3.09. The fraction of sp³-hybridized carbons (Fsp3) is 0.143. The van der Waals surface area contributed by atoms with Crippen LogP contribution in [0.25, 0.3) is 5.70 Å². The Morgan fingerprint density at radius 2 is 1.59 bits per heavy atom. The van der Waals surface area contributed by atoms with Crippen LogP contribution in [0.1, 0.15) is 18.4 Å². The van der Waals surface area contributed by atoms with Gasteiger partial charge in [-0.3, -0.25) is 19.7 Å². The molecule has 0 bridgehead atoms. The number of imide groups is 1. The zero-order valence-electron chi connectivity index (χ0n) is 11.1. The van der Waals surface area contributed by atoms with Crippen LogP contribution >= 0.6 is 0 Å². The molecule has 1 heterocycles. The summed E-state index contributed by atoms with van der Waals surface area (Å²) in [5.41, 5.74) is -0.505. The fourth-order valence-electron chi connectivity index (χ4n) is 2.08. The molecule has 0 atom stereocenters. The molecular weight excluding hydrogens is 288 g/mol. The smallest absolute Gasteiger partial charge is 0.269 e. The minimum Gasteiger partial charge on any atom is -0.274 e. The van der Waals surface area contributed by atoms with Crippen molar-refractivity contribution >= 4 is 23.2 Å². The van der Waals surface area contributed by atoms with Gasteiger partial charge in [0.1, 0.15) is 12.1 Å². The number of carbonyl (C=O) groups excluding carboxylic acids is 2. The molecule has 8 heteroatoms. The predicted molar refractivity (Wildman–Crippen MR) is 72.3 cm³/mol. The number of nitro groups is 1. The number of amides is 2. The summed E-state index contributed by atoms with van der Waals surface area (Å²) in [4.78, 5) is 34.6. The van der Waals surface area contributed by atoms with Crippen molar-refractivity contribution in [1.29, 1.82) is 10.5 Å². The van der Waals surface area contributed by atoms with E-state index in [9.17, 15) is 19.7 Å².